The molecule has 0 aliphatic heterocycles. The summed E-state index contributed by atoms with van der Waals surface area (Å²) in [5, 5.41) is 7.82. The summed E-state index contributed by atoms with van der Waals surface area (Å²) in [4.78, 5) is 3.16. The minimum absolute atomic E-state index is 0.00907. The van der Waals surface area contributed by atoms with E-state index in [9.17, 15) is 13.2 Å². The average Bonchev–Trinajstić information content (AvgIpc) is 2.02. The fourth-order valence-electron chi connectivity index (χ4n) is 0.874. The number of alkyl halides is 3. The van der Waals surface area contributed by atoms with Gasteiger partial charge in [-0.05, 0) is 11.6 Å². The molecule has 1 rings (SSSR count). The Morgan fingerprint density at radius 3 is 2.57 bits per heavy atom. The molecule has 0 spiro atoms. The van der Waals surface area contributed by atoms with Crippen LogP contribution < -0.4 is 0 Å². The lowest BCUT2D eigenvalue weighted by molar-refractivity contribution is -0.141. The molecule has 0 radical (unpaired) electrons. The first-order valence-electron chi connectivity index (χ1n) is 3.53. The van der Waals surface area contributed by atoms with Crippen LogP contribution >= 0.6 is 11.6 Å². The molecule has 1 aromatic rings. The summed E-state index contributed by atoms with van der Waals surface area (Å²) in [6.07, 6.45) is -3.56. The zero-order chi connectivity index (χ0) is 10.8. The van der Waals surface area contributed by atoms with E-state index < -0.39 is 16.9 Å². The lowest BCUT2D eigenvalue weighted by Gasteiger charge is -2.07. The molecule has 0 saturated heterocycles. The largest absolute Gasteiger partial charge is 0.434 e. The number of halogens is 4. The molecule has 0 atom stereocenters. The number of pyridine rings is 1. The van der Waals surface area contributed by atoms with Gasteiger partial charge in [-0.1, -0.05) is 11.6 Å². The van der Waals surface area contributed by atoms with Crippen LogP contribution in [0.15, 0.2) is 12.3 Å². The molecule has 0 unspecified atom stereocenters. The van der Waals surface area contributed by atoms with Gasteiger partial charge >= 0.3 is 6.18 Å². The van der Waals surface area contributed by atoms with Crippen molar-refractivity contribution in [3.63, 3.8) is 0 Å². The molecule has 74 valence electrons. The molecule has 6 heteroatoms. The lowest BCUT2D eigenvalue weighted by Crippen LogP contribution is -2.09. The van der Waals surface area contributed by atoms with E-state index in [-0.39, 0.29) is 6.42 Å². The fraction of sp³-hybridized carbons (Fsp3) is 0.250. The van der Waals surface area contributed by atoms with Crippen molar-refractivity contribution in [1.82, 2.24) is 4.98 Å². The van der Waals surface area contributed by atoms with Crippen molar-refractivity contribution in [1.29, 1.82) is 5.26 Å². The molecule has 0 bridgehead atoms. The molecule has 0 N–H and O–H groups in total. The molecular formula is C8H4ClF3N2. The number of nitriles is 1. The Bertz CT molecular complexity index is 381. The van der Waals surface area contributed by atoms with Crippen LogP contribution in [-0.4, -0.2) is 4.98 Å². The number of rotatable bonds is 1. The van der Waals surface area contributed by atoms with Crippen LogP contribution in [0.2, 0.25) is 5.02 Å². The number of nitrogens with zero attached hydrogens (tertiary/aromatic N) is 2. The Hall–Kier alpha value is -1.28. The van der Waals surface area contributed by atoms with Gasteiger partial charge < -0.3 is 0 Å². The molecule has 0 amide bonds. The highest BCUT2D eigenvalue weighted by Crippen LogP contribution is 2.32. The van der Waals surface area contributed by atoms with Crippen molar-refractivity contribution in [3.05, 3.63) is 28.5 Å². The molecule has 14 heavy (non-hydrogen) atoms. The molecular weight excluding hydrogens is 217 g/mol. The van der Waals surface area contributed by atoms with Crippen molar-refractivity contribution in [2.24, 2.45) is 0 Å². The second-order valence-corrected chi connectivity index (χ2v) is 2.91. The highest BCUT2D eigenvalue weighted by Gasteiger charge is 2.35. The van der Waals surface area contributed by atoms with Gasteiger partial charge in [-0.15, -0.1) is 0 Å². The average molecular weight is 221 g/mol. The van der Waals surface area contributed by atoms with Gasteiger partial charge in [0.25, 0.3) is 0 Å². The monoisotopic (exact) mass is 220 g/mol. The Morgan fingerprint density at radius 2 is 2.14 bits per heavy atom. The molecule has 0 saturated carbocycles. The lowest BCUT2D eigenvalue weighted by atomic mass is 10.2. The van der Waals surface area contributed by atoms with Crippen LogP contribution in [0.5, 0.6) is 0 Å². The Kier molecular flexibility index (Phi) is 2.96. The maximum Gasteiger partial charge on any atom is 0.434 e. The standard InChI is InChI=1S/C8H4ClF3N2/c9-6-3-5(1-2-13)4-14-7(6)8(10,11)12/h3-4H,1H2. The molecule has 0 aliphatic carbocycles. The van der Waals surface area contributed by atoms with Crippen molar-refractivity contribution in [2.75, 3.05) is 0 Å². The molecule has 0 fully saturated rings. The van der Waals surface area contributed by atoms with E-state index >= 15 is 0 Å². The topological polar surface area (TPSA) is 36.7 Å². The highest BCUT2D eigenvalue weighted by molar-refractivity contribution is 6.31. The van der Waals surface area contributed by atoms with E-state index in [1.54, 1.807) is 6.07 Å². The van der Waals surface area contributed by atoms with Crippen LogP contribution in [-0.2, 0) is 12.6 Å². The quantitative estimate of drug-likeness (QED) is 0.730. The summed E-state index contributed by atoms with van der Waals surface area (Å²) in [5.74, 6) is 0. The molecule has 1 aromatic heterocycles. The summed E-state index contributed by atoms with van der Waals surface area (Å²) in [6, 6.07) is 2.89. The van der Waals surface area contributed by atoms with E-state index in [4.69, 9.17) is 16.9 Å². The summed E-state index contributed by atoms with van der Waals surface area (Å²) < 4.78 is 36.5. The van der Waals surface area contributed by atoms with E-state index in [1.807, 2.05) is 0 Å². The van der Waals surface area contributed by atoms with E-state index in [2.05, 4.69) is 4.98 Å². The summed E-state index contributed by atoms with van der Waals surface area (Å²) in [5.41, 5.74) is -0.758. The molecule has 0 aromatic carbocycles. The van der Waals surface area contributed by atoms with E-state index in [0.717, 1.165) is 12.3 Å². The van der Waals surface area contributed by atoms with Gasteiger partial charge in [-0.3, -0.25) is 4.98 Å². The number of hydrogen-bond donors (Lipinski definition) is 0. The van der Waals surface area contributed by atoms with Gasteiger partial charge in [-0.25, -0.2) is 0 Å². The minimum Gasteiger partial charge on any atom is -0.250 e. The SMILES string of the molecule is N#CCc1cnc(C(F)(F)F)c(Cl)c1. The highest BCUT2D eigenvalue weighted by atomic mass is 35.5. The van der Waals surface area contributed by atoms with Crippen LogP contribution in [0.25, 0.3) is 0 Å². The zero-order valence-electron chi connectivity index (χ0n) is 6.77. The van der Waals surface area contributed by atoms with Crippen molar-refractivity contribution >= 4 is 11.6 Å². The van der Waals surface area contributed by atoms with Gasteiger partial charge in [-0.2, -0.15) is 18.4 Å². The maximum absolute atomic E-state index is 12.2. The van der Waals surface area contributed by atoms with Gasteiger partial charge in [0, 0.05) is 6.20 Å². The molecule has 2 nitrogen and oxygen atoms in total. The van der Waals surface area contributed by atoms with Gasteiger partial charge in [0.15, 0.2) is 5.69 Å². The third-order valence-corrected chi connectivity index (χ3v) is 1.74. The van der Waals surface area contributed by atoms with Crippen LogP contribution in [0.3, 0.4) is 0 Å². The first-order chi connectivity index (χ1) is 6.45. The van der Waals surface area contributed by atoms with Crippen LogP contribution in [0.1, 0.15) is 11.3 Å². The van der Waals surface area contributed by atoms with Crippen LogP contribution in [0, 0.1) is 11.3 Å². The maximum atomic E-state index is 12.2. The van der Waals surface area contributed by atoms with Crippen LogP contribution in [0.4, 0.5) is 13.2 Å². The van der Waals surface area contributed by atoms with E-state index in [0.29, 0.717) is 5.56 Å². The summed E-state index contributed by atoms with van der Waals surface area (Å²) >= 11 is 5.36. The van der Waals surface area contributed by atoms with Crippen molar-refractivity contribution < 1.29 is 13.2 Å². The predicted octanol–water partition coefficient (Wildman–Crippen LogP) is 2.82. The fourth-order valence-corrected chi connectivity index (χ4v) is 1.17. The minimum atomic E-state index is -4.55. The first-order valence-corrected chi connectivity index (χ1v) is 3.91. The molecule has 1 heterocycles. The van der Waals surface area contributed by atoms with Crippen molar-refractivity contribution in [2.45, 2.75) is 12.6 Å². The van der Waals surface area contributed by atoms with Gasteiger partial charge in [0.2, 0.25) is 0 Å². The van der Waals surface area contributed by atoms with Crippen molar-refractivity contribution in [3.8, 4) is 6.07 Å². The second-order valence-electron chi connectivity index (χ2n) is 2.51. The summed E-state index contributed by atoms with van der Waals surface area (Å²) in [6.45, 7) is 0. The third-order valence-electron chi connectivity index (χ3n) is 1.45. The molecule has 0 aliphatic rings. The normalized spacial score (nSPS) is 11.1. The zero-order valence-corrected chi connectivity index (χ0v) is 7.52. The van der Waals surface area contributed by atoms with Gasteiger partial charge in [0.1, 0.15) is 0 Å². The first kappa shape index (κ1) is 10.8. The Balaban J connectivity index is 3.09. The Labute approximate surface area is 82.9 Å². The summed E-state index contributed by atoms with van der Waals surface area (Å²) in [7, 11) is 0. The smallest absolute Gasteiger partial charge is 0.250 e. The van der Waals surface area contributed by atoms with Gasteiger partial charge in [0.05, 0.1) is 17.5 Å². The Morgan fingerprint density at radius 1 is 1.50 bits per heavy atom. The predicted molar refractivity (Wildman–Crippen MR) is 43.6 cm³/mol. The number of aromatic nitrogens is 1. The third kappa shape index (κ3) is 2.36. The second kappa shape index (κ2) is 3.84. The van der Waals surface area contributed by atoms with E-state index in [1.165, 1.54) is 0 Å². The number of hydrogen-bond acceptors (Lipinski definition) is 2.